The van der Waals surface area contributed by atoms with Gasteiger partial charge in [0.2, 0.25) is 11.8 Å². The number of thioether (sulfide) groups is 1. The number of carbonyl (C=O) groups excluding carboxylic acids is 2. The van der Waals surface area contributed by atoms with Gasteiger partial charge in [-0.15, -0.1) is 0 Å². The van der Waals surface area contributed by atoms with Crippen LogP contribution in [0.25, 0.3) is 0 Å². The molecule has 100 valence electrons. The number of carbonyl (C=O) groups is 2. The highest BCUT2D eigenvalue weighted by molar-refractivity contribution is 8.24. The predicted molar refractivity (Wildman–Crippen MR) is 81.8 cm³/mol. The number of thiocarbonyl (C=S) groups is 1. The summed E-state index contributed by atoms with van der Waals surface area (Å²) in [5.41, 5.74) is 0.460. The van der Waals surface area contributed by atoms with E-state index < -0.39 is 5.25 Å². The van der Waals surface area contributed by atoms with Crippen LogP contribution in [-0.2, 0) is 9.59 Å². The van der Waals surface area contributed by atoms with Gasteiger partial charge < -0.3 is 10.6 Å². The first kappa shape index (κ1) is 14.6. The Morgan fingerprint density at radius 2 is 2.21 bits per heavy atom. The van der Waals surface area contributed by atoms with E-state index in [1.165, 1.54) is 17.8 Å². The molecule has 0 aromatic heterocycles. The number of rotatable bonds is 3. The maximum absolute atomic E-state index is 11.8. The van der Waals surface area contributed by atoms with E-state index in [1.807, 2.05) is 0 Å². The zero-order valence-corrected chi connectivity index (χ0v) is 12.6. The van der Waals surface area contributed by atoms with Crippen LogP contribution in [0.15, 0.2) is 18.2 Å². The van der Waals surface area contributed by atoms with Gasteiger partial charge in [-0.2, -0.15) is 0 Å². The highest BCUT2D eigenvalue weighted by Crippen LogP contribution is 2.27. The smallest absolute Gasteiger partial charge is 0.239 e. The Bertz CT molecular complexity index is 566. The van der Waals surface area contributed by atoms with Crippen LogP contribution in [0.3, 0.4) is 0 Å². The first-order valence-electron chi connectivity index (χ1n) is 5.22. The maximum atomic E-state index is 11.8. The zero-order valence-electron chi connectivity index (χ0n) is 9.41. The Morgan fingerprint density at radius 1 is 1.47 bits per heavy atom. The molecule has 0 aliphatic carbocycles. The van der Waals surface area contributed by atoms with Crippen molar-refractivity contribution in [1.29, 1.82) is 0 Å². The molecular weight excluding hydrogens is 327 g/mol. The van der Waals surface area contributed by atoms with Crippen LogP contribution in [0.5, 0.6) is 0 Å². The predicted octanol–water partition coefficient (Wildman–Crippen LogP) is 2.84. The fourth-order valence-electron chi connectivity index (χ4n) is 1.49. The summed E-state index contributed by atoms with van der Waals surface area (Å²) in [5.74, 6) is -0.547. The number of hydrogen-bond donors (Lipinski definition) is 2. The first-order chi connectivity index (χ1) is 8.95. The molecular formula is C11H8Cl2N2O2S2. The monoisotopic (exact) mass is 334 g/mol. The molecule has 2 N–H and O–H groups in total. The molecule has 0 radical (unpaired) electrons. The molecule has 1 aliphatic heterocycles. The Balaban J connectivity index is 1.98. The molecule has 1 heterocycles. The second-order valence-corrected chi connectivity index (χ2v) is 6.48. The van der Waals surface area contributed by atoms with Gasteiger partial charge in [0.15, 0.2) is 0 Å². The minimum Gasteiger partial charge on any atom is -0.325 e. The summed E-state index contributed by atoms with van der Waals surface area (Å²) in [6.07, 6.45) is 0.0373. The van der Waals surface area contributed by atoms with Gasteiger partial charge in [-0.25, -0.2) is 0 Å². The standard InChI is InChI=1S/C11H8Cl2N2O2S2/c12-5-1-2-7(6(13)3-5)14-9(16)4-8-10(17)15-11(18)19-8/h1-3,8H,4H2,(H,14,16)(H,15,17,18)/t8-/m0/s1. The van der Waals surface area contributed by atoms with Crippen molar-refractivity contribution in [2.75, 3.05) is 5.32 Å². The quantitative estimate of drug-likeness (QED) is 0.834. The molecule has 2 rings (SSSR count). The number of nitrogens with one attached hydrogen (secondary N) is 2. The zero-order chi connectivity index (χ0) is 14.0. The van der Waals surface area contributed by atoms with Gasteiger partial charge in [0, 0.05) is 11.4 Å². The molecule has 2 amide bonds. The average molecular weight is 335 g/mol. The molecule has 0 saturated carbocycles. The summed E-state index contributed by atoms with van der Waals surface area (Å²) in [4.78, 5) is 23.3. The highest BCUT2D eigenvalue weighted by atomic mass is 35.5. The molecule has 1 fully saturated rings. The minimum atomic E-state index is -0.487. The van der Waals surface area contributed by atoms with Crippen molar-refractivity contribution >= 4 is 69.0 Å². The third kappa shape index (κ3) is 3.82. The largest absolute Gasteiger partial charge is 0.325 e. The first-order valence-corrected chi connectivity index (χ1v) is 7.26. The SMILES string of the molecule is O=C(C[C@@H]1SC(=S)NC1=O)Nc1ccc(Cl)cc1Cl. The number of benzene rings is 1. The third-order valence-corrected chi connectivity index (χ3v) is 4.26. The van der Waals surface area contributed by atoms with Crippen molar-refractivity contribution < 1.29 is 9.59 Å². The van der Waals surface area contributed by atoms with E-state index in [0.717, 1.165) is 0 Å². The molecule has 1 aromatic rings. The van der Waals surface area contributed by atoms with Gasteiger partial charge in [0.25, 0.3) is 0 Å². The Hall–Kier alpha value is -0.820. The lowest BCUT2D eigenvalue weighted by Gasteiger charge is -2.09. The van der Waals surface area contributed by atoms with Gasteiger partial charge in [-0.1, -0.05) is 47.2 Å². The fraction of sp³-hybridized carbons (Fsp3) is 0.182. The molecule has 0 bridgehead atoms. The maximum Gasteiger partial charge on any atom is 0.239 e. The minimum absolute atomic E-state index is 0.0373. The Kier molecular flexibility index (Phi) is 4.67. The lowest BCUT2D eigenvalue weighted by molar-refractivity contribution is -0.122. The van der Waals surface area contributed by atoms with E-state index in [-0.39, 0.29) is 18.2 Å². The van der Waals surface area contributed by atoms with Crippen molar-refractivity contribution in [3.8, 4) is 0 Å². The lowest BCUT2D eigenvalue weighted by atomic mass is 10.2. The van der Waals surface area contributed by atoms with Crippen molar-refractivity contribution in [1.82, 2.24) is 5.32 Å². The molecule has 0 spiro atoms. The highest BCUT2D eigenvalue weighted by Gasteiger charge is 2.31. The van der Waals surface area contributed by atoms with Crippen LogP contribution in [0.1, 0.15) is 6.42 Å². The van der Waals surface area contributed by atoms with Crippen molar-refractivity contribution in [3.05, 3.63) is 28.2 Å². The van der Waals surface area contributed by atoms with Crippen LogP contribution in [-0.4, -0.2) is 21.4 Å². The topological polar surface area (TPSA) is 58.2 Å². The molecule has 19 heavy (non-hydrogen) atoms. The van der Waals surface area contributed by atoms with Crippen molar-refractivity contribution in [3.63, 3.8) is 0 Å². The fourth-order valence-corrected chi connectivity index (χ4v) is 3.21. The molecule has 1 aromatic carbocycles. The summed E-state index contributed by atoms with van der Waals surface area (Å²) in [5, 5.41) is 5.47. The van der Waals surface area contributed by atoms with Crippen LogP contribution in [0, 0.1) is 0 Å². The second-order valence-electron chi connectivity index (χ2n) is 3.76. The van der Waals surface area contributed by atoms with Crippen molar-refractivity contribution in [2.24, 2.45) is 0 Å². The van der Waals surface area contributed by atoms with E-state index in [0.29, 0.717) is 20.1 Å². The van der Waals surface area contributed by atoms with Gasteiger partial charge in [-0.05, 0) is 18.2 Å². The van der Waals surface area contributed by atoms with E-state index in [1.54, 1.807) is 12.1 Å². The summed E-state index contributed by atoms with van der Waals surface area (Å²) < 4.78 is 0.396. The number of amides is 2. The van der Waals surface area contributed by atoms with Crippen LogP contribution in [0.4, 0.5) is 5.69 Å². The Labute approximate surface area is 129 Å². The van der Waals surface area contributed by atoms with Gasteiger partial charge in [-0.3, -0.25) is 9.59 Å². The van der Waals surface area contributed by atoms with Crippen LogP contribution >= 0.6 is 47.2 Å². The molecule has 1 saturated heterocycles. The van der Waals surface area contributed by atoms with Crippen LogP contribution in [0.2, 0.25) is 10.0 Å². The van der Waals surface area contributed by atoms with E-state index >= 15 is 0 Å². The Morgan fingerprint density at radius 3 is 2.79 bits per heavy atom. The third-order valence-electron chi connectivity index (χ3n) is 2.34. The van der Waals surface area contributed by atoms with E-state index in [2.05, 4.69) is 10.6 Å². The summed E-state index contributed by atoms with van der Waals surface area (Å²) in [6, 6.07) is 4.76. The van der Waals surface area contributed by atoms with Gasteiger partial charge in [0.1, 0.15) is 4.32 Å². The number of halogens is 2. The molecule has 4 nitrogen and oxygen atoms in total. The van der Waals surface area contributed by atoms with E-state index in [9.17, 15) is 9.59 Å². The van der Waals surface area contributed by atoms with Crippen LogP contribution < -0.4 is 10.6 Å². The van der Waals surface area contributed by atoms with E-state index in [4.69, 9.17) is 35.4 Å². The lowest BCUT2D eigenvalue weighted by Crippen LogP contribution is -2.27. The molecule has 1 aliphatic rings. The molecule has 1 atom stereocenters. The van der Waals surface area contributed by atoms with Crippen molar-refractivity contribution in [2.45, 2.75) is 11.7 Å². The summed E-state index contributed by atoms with van der Waals surface area (Å²) in [7, 11) is 0. The average Bonchev–Trinajstić information content (AvgIpc) is 2.61. The number of anilines is 1. The van der Waals surface area contributed by atoms with Gasteiger partial charge >= 0.3 is 0 Å². The second kappa shape index (κ2) is 6.09. The molecule has 8 heteroatoms. The summed E-state index contributed by atoms with van der Waals surface area (Å²) in [6.45, 7) is 0. The normalized spacial score (nSPS) is 18.3. The number of hydrogen-bond acceptors (Lipinski definition) is 4. The van der Waals surface area contributed by atoms with Gasteiger partial charge in [0.05, 0.1) is 16.0 Å². The summed E-state index contributed by atoms with van der Waals surface area (Å²) >= 11 is 17.7. The molecule has 0 unspecified atom stereocenters.